The van der Waals surface area contributed by atoms with E-state index in [0.29, 0.717) is 0 Å². The number of hydrogen-bond donors (Lipinski definition) is 2. The number of hydrogen-bond acceptors (Lipinski definition) is 4. The average molecular weight is 418 g/mol. The standard InChI is InChI=1S/C19H10ClF2N3O4/c20-17-3-4-25(23-17)16-7-15-10(6-13(16)22)18(27)11(19(28)29)8-24(15)14-2-1-9(26)5-12(14)21/h1-8,26H,(H,28,29). The SMILES string of the molecule is O=C(O)c1cn(-c2ccc(O)cc2F)c2cc(-n3ccc(Cl)n3)c(F)cc2c1=O. The first-order chi connectivity index (χ1) is 13.8. The molecule has 2 aromatic carbocycles. The highest BCUT2D eigenvalue weighted by molar-refractivity contribution is 6.29. The lowest BCUT2D eigenvalue weighted by Crippen LogP contribution is -2.19. The largest absolute Gasteiger partial charge is 0.508 e. The molecule has 0 fully saturated rings. The fraction of sp³-hybridized carbons (Fsp3) is 0. The first kappa shape index (κ1) is 18.6. The molecule has 0 amide bonds. The Kier molecular flexibility index (Phi) is 4.31. The summed E-state index contributed by atoms with van der Waals surface area (Å²) >= 11 is 5.78. The summed E-state index contributed by atoms with van der Waals surface area (Å²) < 4.78 is 31.4. The van der Waals surface area contributed by atoms with Crippen LogP contribution in [0.1, 0.15) is 10.4 Å². The topological polar surface area (TPSA) is 97.3 Å². The molecule has 0 bridgehead atoms. The van der Waals surface area contributed by atoms with Crippen molar-refractivity contribution < 1.29 is 23.8 Å². The Hall–Kier alpha value is -3.72. The molecule has 0 spiro atoms. The fourth-order valence-corrected chi connectivity index (χ4v) is 3.13. The van der Waals surface area contributed by atoms with Gasteiger partial charge < -0.3 is 14.8 Å². The molecule has 0 saturated heterocycles. The highest BCUT2D eigenvalue weighted by Crippen LogP contribution is 2.26. The number of carboxylic acid groups (broad SMARTS) is 1. The molecule has 2 aromatic heterocycles. The number of carboxylic acids is 1. The lowest BCUT2D eigenvalue weighted by atomic mass is 10.1. The van der Waals surface area contributed by atoms with Gasteiger partial charge in [0.25, 0.3) is 0 Å². The van der Waals surface area contributed by atoms with E-state index in [-0.39, 0.29) is 33.2 Å². The minimum absolute atomic E-state index is 0.0348. The van der Waals surface area contributed by atoms with Gasteiger partial charge in [-0.25, -0.2) is 18.3 Å². The molecule has 0 radical (unpaired) electrons. The van der Waals surface area contributed by atoms with Crippen molar-refractivity contribution >= 4 is 28.5 Å². The number of nitrogens with zero attached hydrogens (tertiary/aromatic N) is 3. The van der Waals surface area contributed by atoms with Crippen LogP contribution in [0.25, 0.3) is 22.3 Å². The molecule has 0 saturated carbocycles. The average Bonchev–Trinajstić information content (AvgIpc) is 3.08. The predicted molar refractivity (Wildman–Crippen MR) is 100 cm³/mol. The zero-order chi connectivity index (χ0) is 20.9. The van der Waals surface area contributed by atoms with Gasteiger partial charge in [0.1, 0.15) is 22.8 Å². The number of aromatic hydroxyl groups is 1. The molecular weight excluding hydrogens is 408 g/mol. The monoisotopic (exact) mass is 417 g/mol. The lowest BCUT2D eigenvalue weighted by molar-refractivity contribution is 0.0695. The Labute approximate surface area is 165 Å². The number of phenols is 1. The zero-order valence-electron chi connectivity index (χ0n) is 14.3. The summed E-state index contributed by atoms with van der Waals surface area (Å²) in [7, 11) is 0. The lowest BCUT2D eigenvalue weighted by Gasteiger charge is -2.15. The zero-order valence-corrected chi connectivity index (χ0v) is 15.1. The van der Waals surface area contributed by atoms with Gasteiger partial charge in [-0.1, -0.05) is 11.6 Å². The second-order valence-corrected chi connectivity index (χ2v) is 6.47. The van der Waals surface area contributed by atoms with Crippen molar-refractivity contribution in [2.75, 3.05) is 0 Å². The van der Waals surface area contributed by atoms with E-state index in [1.807, 2.05) is 0 Å². The van der Waals surface area contributed by atoms with Crippen molar-refractivity contribution in [1.82, 2.24) is 14.3 Å². The van der Waals surface area contributed by atoms with Crippen LogP contribution < -0.4 is 5.43 Å². The normalized spacial score (nSPS) is 11.1. The van der Waals surface area contributed by atoms with Gasteiger partial charge >= 0.3 is 5.97 Å². The smallest absolute Gasteiger partial charge is 0.341 e. The third kappa shape index (κ3) is 3.11. The van der Waals surface area contributed by atoms with Gasteiger partial charge in [0, 0.05) is 23.8 Å². The molecule has 0 aliphatic carbocycles. The van der Waals surface area contributed by atoms with E-state index >= 15 is 0 Å². The van der Waals surface area contributed by atoms with E-state index in [1.54, 1.807) is 0 Å². The molecule has 7 nitrogen and oxygen atoms in total. The first-order valence-corrected chi connectivity index (χ1v) is 8.46. The molecular formula is C19H10ClF2N3O4. The predicted octanol–water partition coefficient (Wildman–Crippen LogP) is 3.51. The van der Waals surface area contributed by atoms with Crippen molar-refractivity contribution in [3.63, 3.8) is 0 Å². The highest BCUT2D eigenvalue weighted by atomic mass is 35.5. The quantitative estimate of drug-likeness (QED) is 0.531. The summed E-state index contributed by atoms with van der Waals surface area (Å²) in [5.41, 5.74) is -1.79. The third-order valence-electron chi connectivity index (χ3n) is 4.30. The van der Waals surface area contributed by atoms with Crippen molar-refractivity contribution in [2.45, 2.75) is 0 Å². The Morgan fingerprint density at radius 1 is 1.07 bits per heavy atom. The molecule has 4 rings (SSSR count). The molecule has 146 valence electrons. The minimum atomic E-state index is -1.55. The second kappa shape index (κ2) is 6.71. The Balaban J connectivity index is 2.13. The van der Waals surface area contributed by atoms with Crippen LogP contribution in [0, 0.1) is 11.6 Å². The molecule has 0 aliphatic heterocycles. The summed E-state index contributed by atoms with van der Waals surface area (Å²) in [6.45, 7) is 0. The first-order valence-electron chi connectivity index (χ1n) is 8.09. The Morgan fingerprint density at radius 2 is 1.79 bits per heavy atom. The van der Waals surface area contributed by atoms with Gasteiger partial charge in [-0.15, -0.1) is 0 Å². The summed E-state index contributed by atoms with van der Waals surface area (Å²) in [6.07, 6.45) is 2.34. The molecule has 29 heavy (non-hydrogen) atoms. The number of benzene rings is 2. The number of pyridine rings is 1. The number of halogens is 3. The number of aromatic nitrogens is 3. The van der Waals surface area contributed by atoms with Gasteiger partial charge in [-0.05, 0) is 30.3 Å². The number of fused-ring (bicyclic) bond motifs is 1. The van der Waals surface area contributed by atoms with E-state index < -0.39 is 28.6 Å². The molecule has 0 atom stereocenters. The van der Waals surface area contributed by atoms with Gasteiger partial charge in [0.2, 0.25) is 5.43 Å². The van der Waals surface area contributed by atoms with E-state index in [2.05, 4.69) is 5.10 Å². The van der Waals surface area contributed by atoms with Crippen LogP contribution in [0.5, 0.6) is 5.75 Å². The molecule has 4 aromatic rings. The Bertz CT molecular complexity index is 1360. The van der Waals surface area contributed by atoms with Crippen LogP contribution in [0.4, 0.5) is 8.78 Å². The highest BCUT2D eigenvalue weighted by Gasteiger charge is 2.20. The van der Waals surface area contributed by atoms with Gasteiger partial charge in [0.05, 0.1) is 11.2 Å². The molecule has 2 N–H and O–H groups in total. The summed E-state index contributed by atoms with van der Waals surface area (Å²) in [5, 5.41) is 22.5. The van der Waals surface area contributed by atoms with Gasteiger partial charge in [-0.3, -0.25) is 4.79 Å². The molecule has 0 unspecified atom stereocenters. The van der Waals surface area contributed by atoms with Crippen LogP contribution >= 0.6 is 11.6 Å². The van der Waals surface area contributed by atoms with Crippen molar-refractivity contribution in [3.05, 3.63) is 81.4 Å². The molecule has 10 heteroatoms. The Morgan fingerprint density at radius 3 is 2.41 bits per heavy atom. The maximum atomic E-state index is 14.7. The number of carbonyl (C=O) groups is 1. The maximum absolute atomic E-state index is 14.7. The van der Waals surface area contributed by atoms with Crippen LogP contribution in [0.3, 0.4) is 0 Å². The van der Waals surface area contributed by atoms with Crippen molar-refractivity contribution in [1.29, 1.82) is 0 Å². The van der Waals surface area contributed by atoms with E-state index in [4.69, 9.17) is 11.6 Å². The summed E-state index contributed by atoms with van der Waals surface area (Å²) in [5.74, 6) is -3.62. The number of rotatable bonds is 3. The van der Waals surface area contributed by atoms with Crippen LogP contribution in [-0.2, 0) is 0 Å². The summed E-state index contributed by atoms with van der Waals surface area (Å²) in [4.78, 5) is 24.1. The second-order valence-electron chi connectivity index (χ2n) is 6.09. The maximum Gasteiger partial charge on any atom is 0.341 e. The minimum Gasteiger partial charge on any atom is -0.508 e. The van der Waals surface area contributed by atoms with E-state index in [1.165, 1.54) is 30.5 Å². The fourth-order valence-electron chi connectivity index (χ4n) is 2.99. The summed E-state index contributed by atoms with van der Waals surface area (Å²) in [6, 6.07) is 6.74. The van der Waals surface area contributed by atoms with Crippen molar-refractivity contribution in [2.24, 2.45) is 0 Å². The van der Waals surface area contributed by atoms with Gasteiger partial charge in [0.15, 0.2) is 11.0 Å². The number of aromatic carboxylic acids is 1. The molecule has 2 heterocycles. The molecule has 0 aliphatic rings. The van der Waals surface area contributed by atoms with Crippen LogP contribution in [-0.4, -0.2) is 30.5 Å². The van der Waals surface area contributed by atoms with Crippen molar-refractivity contribution in [3.8, 4) is 17.1 Å². The van der Waals surface area contributed by atoms with E-state index in [0.717, 1.165) is 27.6 Å². The number of phenolic OH excluding ortho intramolecular Hbond substituents is 1. The van der Waals surface area contributed by atoms with Gasteiger partial charge in [-0.2, -0.15) is 5.10 Å². The third-order valence-corrected chi connectivity index (χ3v) is 4.50. The van der Waals surface area contributed by atoms with E-state index in [9.17, 15) is 28.6 Å². The van der Waals surface area contributed by atoms with Crippen LogP contribution in [0.15, 0.2) is 53.6 Å². The van der Waals surface area contributed by atoms with Crippen LogP contribution in [0.2, 0.25) is 5.15 Å².